The standard InChI is InChI=1S/C18H19N3OS2/c1-18(2,3)12-6-4-5-7-13(12)21-15(22)10-24-17-16-14(8-9-23-16)19-11-20-17/h4-9,11H,10H2,1-3H3,(H,21,22). The van der Waals surface area contributed by atoms with Gasteiger partial charge >= 0.3 is 0 Å². The zero-order valence-corrected chi connectivity index (χ0v) is 15.5. The molecule has 2 heterocycles. The number of hydrogen-bond donors (Lipinski definition) is 1. The number of aromatic nitrogens is 2. The van der Waals surface area contributed by atoms with Crippen LogP contribution in [-0.4, -0.2) is 21.6 Å². The Labute approximate surface area is 149 Å². The van der Waals surface area contributed by atoms with Crippen molar-refractivity contribution < 1.29 is 4.79 Å². The molecule has 24 heavy (non-hydrogen) atoms. The van der Waals surface area contributed by atoms with Crippen LogP contribution in [0, 0.1) is 0 Å². The quantitative estimate of drug-likeness (QED) is 0.542. The number of hydrogen-bond acceptors (Lipinski definition) is 5. The molecule has 1 N–H and O–H groups in total. The smallest absolute Gasteiger partial charge is 0.234 e. The summed E-state index contributed by atoms with van der Waals surface area (Å²) in [6.45, 7) is 6.42. The van der Waals surface area contributed by atoms with Gasteiger partial charge in [0.25, 0.3) is 0 Å². The largest absolute Gasteiger partial charge is 0.325 e. The van der Waals surface area contributed by atoms with E-state index >= 15 is 0 Å². The summed E-state index contributed by atoms with van der Waals surface area (Å²) in [5.41, 5.74) is 2.91. The molecule has 6 heteroatoms. The molecule has 0 saturated heterocycles. The van der Waals surface area contributed by atoms with Crippen LogP contribution in [-0.2, 0) is 10.2 Å². The van der Waals surface area contributed by atoms with Crippen molar-refractivity contribution in [2.45, 2.75) is 31.2 Å². The first kappa shape index (κ1) is 16.9. The Balaban J connectivity index is 1.70. The lowest BCUT2D eigenvalue weighted by Gasteiger charge is -2.22. The van der Waals surface area contributed by atoms with E-state index in [9.17, 15) is 4.79 Å². The molecule has 0 unspecified atom stereocenters. The summed E-state index contributed by atoms with van der Waals surface area (Å²) in [6, 6.07) is 9.91. The zero-order valence-electron chi connectivity index (χ0n) is 13.9. The van der Waals surface area contributed by atoms with E-state index in [4.69, 9.17) is 0 Å². The molecule has 4 nitrogen and oxygen atoms in total. The van der Waals surface area contributed by atoms with Crippen LogP contribution in [0.2, 0.25) is 0 Å². The Morgan fingerprint density at radius 1 is 1.21 bits per heavy atom. The highest BCUT2D eigenvalue weighted by Gasteiger charge is 2.18. The van der Waals surface area contributed by atoms with Crippen molar-refractivity contribution >= 4 is 44.9 Å². The minimum absolute atomic E-state index is 0.0210. The van der Waals surface area contributed by atoms with Crippen LogP contribution in [0.1, 0.15) is 26.3 Å². The molecule has 124 valence electrons. The number of nitrogens with one attached hydrogen (secondary N) is 1. The third-order valence-corrected chi connectivity index (χ3v) is 5.59. The van der Waals surface area contributed by atoms with Crippen molar-refractivity contribution in [3.8, 4) is 0 Å². The van der Waals surface area contributed by atoms with E-state index in [0.29, 0.717) is 5.75 Å². The summed E-state index contributed by atoms with van der Waals surface area (Å²) in [5, 5.41) is 5.87. The summed E-state index contributed by atoms with van der Waals surface area (Å²) < 4.78 is 1.03. The second-order valence-corrected chi connectivity index (χ2v) is 8.33. The number of nitrogens with zero attached hydrogens (tertiary/aromatic N) is 2. The fourth-order valence-corrected chi connectivity index (χ4v) is 4.18. The van der Waals surface area contributed by atoms with E-state index in [1.165, 1.54) is 11.8 Å². The molecule has 0 spiro atoms. The topological polar surface area (TPSA) is 54.9 Å². The average molecular weight is 358 g/mol. The van der Waals surface area contributed by atoms with Crippen LogP contribution in [0.5, 0.6) is 0 Å². The lowest BCUT2D eigenvalue weighted by molar-refractivity contribution is -0.113. The van der Waals surface area contributed by atoms with Crippen molar-refractivity contribution in [2.75, 3.05) is 11.1 Å². The molecule has 0 saturated carbocycles. The molecule has 0 aliphatic carbocycles. The number of para-hydroxylation sites is 1. The molecule has 0 fully saturated rings. The Morgan fingerprint density at radius 3 is 2.79 bits per heavy atom. The minimum Gasteiger partial charge on any atom is -0.325 e. The molecule has 0 aliphatic rings. The van der Waals surface area contributed by atoms with Crippen LogP contribution in [0.3, 0.4) is 0 Å². The van der Waals surface area contributed by atoms with Crippen molar-refractivity contribution in [3.05, 3.63) is 47.6 Å². The van der Waals surface area contributed by atoms with Gasteiger partial charge in [-0.05, 0) is 28.5 Å². The van der Waals surface area contributed by atoms with Gasteiger partial charge in [0.05, 0.1) is 16.0 Å². The number of fused-ring (bicyclic) bond motifs is 1. The first-order valence-electron chi connectivity index (χ1n) is 7.65. The Hall–Kier alpha value is -1.92. The molecular formula is C18H19N3OS2. The third-order valence-electron chi connectivity index (χ3n) is 3.56. The number of thiophene rings is 1. The SMILES string of the molecule is CC(C)(C)c1ccccc1NC(=O)CSc1ncnc2ccsc12. The number of anilines is 1. The van der Waals surface area contributed by atoms with E-state index < -0.39 is 0 Å². The van der Waals surface area contributed by atoms with Gasteiger partial charge in [-0.1, -0.05) is 50.7 Å². The number of amides is 1. The zero-order chi connectivity index (χ0) is 17.2. The summed E-state index contributed by atoms with van der Waals surface area (Å²) in [6.07, 6.45) is 1.55. The van der Waals surface area contributed by atoms with E-state index in [0.717, 1.165) is 26.5 Å². The van der Waals surface area contributed by atoms with Gasteiger partial charge in [0.15, 0.2) is 0 Å². The lowest BCUT2D eigenvalue weighted by atomic mass is 9.86. The number of benzene rings is 1. The summed E-state index contributed by atoms with van der Waals surface area (Å²) in [5.74, 6) is 0.294. The summed E-state index contributed by atoms with van der Waals surface area (Å²) >= 11 is 3.04. The van der Waals surface area contributed by atoms with Gasteiger partial charge in [0, 0.05) is 5.69 Å². The Bertz CT molecular complexity index is 868. The van der Waals surface area contributed by atoms with Gasteiger partial charge < -0.3 is 5.32 Å². The van der Waals surface area contributed by atoms with Crippen LogP contribution in [0.4, 0.5) is 5.69 Å². The second kappa shape index (κ2) is 6.91. The molecule has 0 aliphatic heterocycles. The molecule has 0 bridgehead atoms. The Kier molecular flexibility index (Phi) is 4.87. The van der Waals surface area contributed by atoms with Gasteiger partial charge in [-0.25, -0.2) is 9.97 Å². The van der Waals surface area contributed by atoms with Crippen LogP contribution in [0.15, 0.2) is 47.1 Å². The molecule has 1 aromatic carbocycles. The summed E-state index contributed by atoms with van der Waals surface area (Å²) in [7, 11) is 0. The molecule has 3 rings (SSSR count). The molecular weight excluding hydrogens is 338 g/mol. The highest BCUT2D eigenvalue weighted by Crippen LogP contribution is 2.31. The first-order chi connectivity index (χ1) is 11.4. The van der Waals surface area contributed by atoms with Crippen LogP contribution >= 0.6 is 23.1 Å². The molecule has 0 radical (unpaired) electrons. The van der Waals surface area contributed by atoms with Crippen LogP contribution < -0.4 is 5.32 Å². The minimum atomic E-state index is -0.0278. The first-order valence-corrected chi connectivity index (χ1v) is 9.52. The fraction of sp³-hybridized carbons (Fsp3) is 0.278. The monoisotopic (exact) mass is 357 g/mol. The maximum Gasteiger partial charge on any atom is 0.234 e. The predicted octanol–water partition coefficient (Wildman–Crippen LogP) is 4.72. The fourth-order valence-electron chi connectivity index (χ4n) is 2.44. The van der Waals surface area contributed by atoms with Gasteiger partial charge in [0.1, 0.15) is 11.4 Å². The summed E-state index contributed by atoms with van der Waals surface area (Å²) in [4.78, 5) is 20.9. The van der Waals surface area contributed by atoms with Crippen molar-refractivity contribution in [2.24, 2.45) is 0 Å². The van der Waals surface area contributed by atoms with E-state index in [1.807, 2.05) is 29.6 Å². The van der Waals surface area contributed by atoms with E-state index in [-0.39, 0.29) is 11.3 Å². The normalized spacial score (nSPS) is 11.6. The molecule has 0 atom stereocenters. The van der Waals surface area contributed by atoms with E-state index in [1.54, 1.807) is 17.7 Å². The van der Waals surface area contributed by atoms with Gasteiger partial charge in [-0.3, -0.25) is 4.79 Å². The molecule has 3 aromatic rings. The van der Waals surface area contributed by atoms with Crippen molar-refractivity contribution in [1.82, 2.24) is 9.97 Å². The number of rotatable bonds is 4. The predicted molar refractivity (Wildman–Crippen MR) is 102 cm³/mol. The van der Waals surface area contributed by atoms with Crippen molar-refractivity contribution in [3.63, 3.8) is 0 Å². The Morgan fingerprint density at radius 2 is 2.00 bits per heavy atom. The van der Waals surface area contributed by atoms with Crippen LogP contribution in [0.25, 0.3) is 10.2 Å². The highest BCUT2D eigenvalue weighted by atomic mass is 32.2. The maximum absolute atomic E-state index is 12.4. The molecule has 2 aromatic heterocycles. The van der Waals surface area contributed by atoms with Gasteiger partial charge in [0.2, 0.25) is 5.91 Å². The van der Waals surface area contributed by atoms with Gasteiger partial charge in [-0.15, -0.1) is 11.3 Å². The second-order valence-electron chi connectivity index (χ2n) is 6.45. The molecule has 1 amide bonds. The number of carbonyl (C=O) groups excluding carboxylic acids is 1. The van der Waals surface area contributed by atoms with E-state index in [2.05, 4.69) is 42.1 Å². The third kappa shape index (κ3) is 3.76. The average Bonchev–Trinajstić information content (AvgIpc) is 3.01. The highest BCUT2D eigenvalue weighted by molar-refractivity contribution is 8.00. The number of carbonyl (C=O) groups is 1. The van der Waals surface area contributed by atoms with Gasteiger partial charge in [-0.2, -0.15) is 0 Å². The number of thioether (sulfide) groups is 1. The lowest BCUT2D eigenvalue weighted by Crippen LogP contribution is -2.19. The maximum atomic E-state index is 12.4. The van der Waals surface area contributed by atoms with Crippen molar-refractivity contribution in [1.29, 1.82) is 0 Å².